The van der Waals surface area contributed by atoms with Gasteiger partial charge in [-0.25, -0.2) is 0 Å². The van der Waals surface area contributed by atoms with Gasteiger partial charge in [0.15, 0.2) is 0 Å². The highest BCUT2D eigenvalue weighted by Gasteiger charge is 2.14. The molecule has 0 unspecified atom stereocenters. The van der Waals surface area contributed by atoms with E-state index in [2.05, 4.69) is 0 Å². The number of benzene rings is 1. The van der Waals surface area contributed by atoms with Gasteiger partial charge in [0.1, 0.15) is 0 Å². The SMILES string of the molecule is O=P(O)(O)Cc1cccc(CN(CCO)CCO)c1. The lowest BCUT2D eigenvalue weighted by molar-refractivity contribution is 0.156. The van der Waals surface area contributed by atoms with Gasteiger partial charge in [0, 0.05) is 19.6 Å². The Labute approximate surface area is 112 Å². The highest BCUT2D eigenvalue weighted by atomic mass is 31.2. The third-order valence-electron chi connectivity index (χ3n) is 2.62. The van der Waals surface area contributed by atoms with E-state index in [-0.39, 0.29) is 19.4 Å². The van der Waals surface area contributed by atoms with Crippen LogP contribution in [0, 0.1) is 0 Å². The van der Waals surface area contributed by atoms with Crippen molar-refractivity contribution < 1.29 is 24.6 Å². The van der Waals surface area contributed by atoms with Gasteiger partial charge < -0.3 is 20.0 Å². The Kier molecular flexibility index (Phi) is 6.65. The molecule has 0 aromatic heterocycles. The molecular formula is C12H20NO5P. The third-order valence-corrected chi connectivity index (χ3v) is 3.40. The summed E-state index contributed by atoms with van der Waals surface area (Å²) in [6.45, 7) is 1.42. The molecule has 1 rings (SSSR count). The summed E-state index contributed by atoms with van der Waals surface area (Å²) in [5, 5.41) is 17.8. The average molecular weight is 289 g/mol. The summed E-state index contributed by atoms with van der Waals surface area (Å²) in [6, 6.07) is 7.01. The zero-order valence-corrected chi connectivity index (χ0v) is 11.5. The van der Waals surface area contributed by atoms with Crippen molar-refractivity contribution in [3.05, 3.63) is 35.4 Å². The van der Waals surface area contributed by atoms with Gasteiger partial charge in [-0.05, 0) is 11.1 Å². The van der Waals surface area contributed by atoms with Crippen LogP contribution in [0.4, 0.5) is 0 Å². The smallest absolute Gasteiger partial charge is 0.329 e. The fraction of sp³-hybridized carbons (Fsp3) is 0.500. The first-order valence-electron chi connectivity index (χ1n) is 6.01. The van der Waals surface area contributed by atoms with Crippen LogP contribution in [-0.2, 0) is 17.3 Å². The molecular weight excluding hydrogens is 269 g/mol. The van der Waals surface area contributed by atoms with Gasteiger partial charge in [-0.3, -0.25) is 9.46 Å². The van der Waals surface area contributed by atoms with Crippen molar-refractivity contribution in [2.24, 2.45) is 0 Å². The topological polar surface area (TPSA) is 101 Å². The maximum Gasteiger partial charge on any atom is 0.329 e. The minimum atomic E-state index is -4.06. The molecule has 0 saturated heterocycles. The number of rotatable bonds is 8. The van der Waals surface area contributed by atoms with E-state index in [9.17, 15) is 4.57 Å². The van der Waals surface area contributed by atoms with E-state index in [1.54, 1.807) is 18.2 Å². The van der Waals surface area contributed by atoms with Gasteiger partial charge in [0.25, 0.3) is 0 Å². The molecule has 0 aliphatic rings. The molecule has 4 N–H and O–H groups in total. The first-order valence-corrected chi connectivity index (χ1v) is 7.81. The van der Waals surface area contributed by atoms with Crippen LogP contribution >= 0.6 is 7.60 Å². The average Bonchev–Trinajstić information content (AvgIpc) is 2.27. The van der Waals surface area contributed by atoms with Gasteiger partial charge in [-0.2, -0.15) is 0 Å². The molecule has 1 aromatic rings. The highest BCUT2D eigenvalue weighted by molar-refractivity contribution is 7.50. The summed E-state index contributed by atoms with van der Waals surface area (Å²) in [5.74, 6) is 0. The summed E-state index contributed by atoms with van der Waals surface area (Å²) < 4.78 is 11.0. The van der Waals surface area contributed by atoms with E-state index in [0.29, 0.717) is 25.2 Å². The molecule has 0 aliphatic carbocycles. The summed E-state index contributed by atoms with van der Waals surface area (Å²) >= 11 is 0. The second kappa shape index (κ2) is 7.75. The van der Waals surface area contributed by atoms with E-state index >= 15 is 0 Å². The fourth-order valence-electron chi connectivity index (χ4n) is 1.88. The number of aliphatic hydroxyl groups excluding tert-OH is 2. The van der Waals surface area contributed by atoms with Crippen LogP contribution in [0.15, 0.2) is 24.3 Å². The fourth-order valence-corrected chi connectivity index (χ4v) is 2.55. The first kappa shape index (κ1) is 16.3. The van der Waals surface area contributed by atoms with Crippen molar-refractivity contribution in [2.45, 2.75) is 12.7 Å². The van der Waals surface area contributed by atoms with Crippen LogP contribution in [0.25, 0.3) is 0 Å². The molecule has 108 valence electrons. The lowest BCUT2D eigenvalue weighted by Gasteiger charge is -2.20. The Morgan fingerprint density at radius 1 is 1.05 bits per heavy atom. The van der Waals surface area contributed by atoms with E-state index < -0.39 is 7.60 Å². The molecule has 0 radical (unpaired) electrons. The third kappa shape index (κ3) is 6.82. The summed E-state index contributed by atoms with van der Waals surface area (Å²) in [7, 11) is -4.06. The van der Waals surface area contributed by atoms with Crippen LogP contribution < -0.4 is 0 Å². The second-order valence-corrected chi connectivity index (χ2v) is 6.01. The predicted octanol–water partition coefficient (Wildman–Crippen LogP) is 0.151. The van der Waals surface area contributed by atoms with E-state index in [1.165, 1.54) is 0 Å². The van der Waals surface area contributed by atoms with Crippen LogP contribution in [0.5, 0.6) is 0 Å². The number of hydrogen-bond donors (Lipinski definition) is 4. The van der Waals surface area contributed by atoms with Crippen molar-refractivity contribution >= 4 is 7.60 Å². The van der Waals surface area contributed by atoms with Gasteiger partial charge in [0.2, 0.25) is 0 Å². The number of nitrogens with zero attached hydrogens (tertiary/aromatic N) is 1. The summed E-state index contributed by atoms with van der Waals surface area (Å²) in [4.78, 5) is 19.8. The summed E-state index contributed by atoms with van der Waals surface area (Å²) in [5.41, 5.74) is 1.48. The Bertz CT molecular complexity index is 428. The van der Waals surface area contributed by atoms with E-state index in [1.807, 2.05) is 11.0 Å². The standard InChI is InChI=1S/C12H20NO5P/c14-6-4-13(5-7-15)9-11-2-1-3-12(8-11)10-19(16,17)18/h1-3,8,14-15H,4-7,9-10H2,(H2,16,17,18). The Hall–Kier alpha value is -0.750. The van der Waals surface area contributed by atoms with Crippen LogP contribution in [-0.4, -0.2) is 51.2 Å². The molecule has 0 spiro atoms. The molecule has 0 heterocycles. The maximum absolute atomic E-state index is 11.0. The number of aliphatic hydroxyl groups is 2. The van der Waals surface area contributed by atoms with Crippen molar-refractivity contribution in [3.63, 3.8) is 0 Å². The minimum Gasteiger partial charge on any atom is -0.395 e. The Morgan fingerprint density at radius 3 is 2.16 bits per heavy atom. The minimum absolute atomic E-state index is 0.00216. The molecule has 6 nitrogen and oxygen atoms in total. The lowest BCUT2D eigenvalue weighted by Crippen LogP contribution is -2.29. The second-order valence-electron chi connectivity index (χ2n) is 4.37. The van der Waals surface area contributed by atoms with Gasteiger partial charge in [-0.15, -0.1) is 0 Å². The molecule has 0 amide bonds. The Balaban J connectivity index is 2.72. The molecule has 0 fully saturated rings. The van der Waals surface area contributed by atoms with E-state index in [0.717, 1.165) is 5.56 Å². The summed E-state index contributed by atoms with van der Waals surface area (Å²) in [6.07, 6.45) is -0.277. The lowest BCUT2D eigenvalue weighted by atomic mass is 10.1. The Morgan fingerprint density at radius 2 is 1.63 bits per heavy atom. The molecule has 1 aromatic carbocycles. The van der Waals surface area contributed by atoms with Gasteiger partial charge in [0.05, 0.1) is 19.4 Å². The number of hydrogen-bond acceptors (Lipinski definition) is 4. The molecule has 0 aliphatic heterocycles. The molecule has 0 atom stereocenters. The molecule has 0 bridgehead atoms. The van der Waals surface area contributed by atoms with Crippen molar-refractivity contribution in [1.29, 1.82) is 0 Å². The van der Waals surface area contributed by atoms with Crippen molar-refractivity contribution in [1.82, 2.24) is 4.90 Å². The van der Waals surface area contributed by atoms with Crippen LogP contribution in [0.3, 0.4) is 0 Å². The molecule has 19 heavy (non-hydrogen) atoms. The molecule has 0 saturated carbocycles. The predicted molar refractivity (Wildman–Crippen MR) is 71.6 cm³/mol. The van der Waals surface area contributed by atoms with Gasteiger partial charge >= 0.3 is 7.60 Å². The monoisotopic (exact) mass is 289 g/mol. The van der Waals surface area contributed by atoms with E-state index in [4.69, 9.17) is 20.0 Å². The molecule has 7 heteroatoms. The van der Waals surface area contributed by atoms with Crippen LogP contribution in [0.2, 0.25) is 0 Å². The quantitative estimate of drug-likeness (QED) is 0.508. The van der Waals surface area contributed by atoms with Crippen LogP contribution in [0.1, 0.15) is 11.1 Å². The largest absolute Gasteiger partial charge is 0.395 e. The maximum atomic E-state index is 11.0. The zero-order valence-electron chi connectivity index (χ0n) is 10.6. The highest BCUT2D eigenvalue weighted by Crippen LogP contribution is 2.39. The van der Waals surface area contributed by atoms with Gasteiger partial charge in [-0.1, -0.05) is 24.3 Å². The first-order chi connectivity index (χ1) is 8.94. The zero-order chi connectivity index (χ0) is 14.3. The van der Waals surface area contributed by atoms with Crippen molar-refractivity contribution in [3.8, 4) is 0 Å². The van der Waals surface area contributed by atoms with Crippen molar-refractivity contribution in [2.75, 3.05) is 26.3 Å². The normalized spacial score (nSPS) is 12.1.